The van der Waals surface area contributed by atoms with E-state index in [1.807, 2.05) is 0 Å². The van der Waals surface area contributed by atoms with Crippen LogP contribution in [0.5, 0.6) is 17.2 Å². The molecule has 5 nitrogen and oxygen atoms in total. The smallest absolute Gasteiger partial charge is 0.174 e. The molecule has 0 radical (unpaired) electrons. The van der Waals surface area contributed by atoms with Crippen LogP contribution in [0.25, 0.3) is 10.8 Å². The summed E-state index contributed by atoms with van der Waals surface area (Å²) < 4.78 is 36.7. The average Bonchev–Trinajstić information content (AvgIpc) is 2.62. The number of nitrogens with zero attached hydrogens (tertiary/aromatic N) is 1. The van der Waals surface area contributed by atoms with Crippen molar-refractivity contribution in [3.05, 3.63) is 48.4 Å². The van der Waals surface area contributed by atoms with Crippen LogP contribution < -0.4 is 19.7 Å². The Kier molecular flexibility index (Phi) is 4.33. The van der Waals surface area contributed by atoms with Gasteiger partial charge in [0.15, 0.2) is 23.1 Å². The van der Waals surface area contributed by atoms with E-state index in [0.717, 1.165) is 16.8 Å². The highest BCUT2D eigenvalue weighted by molar-refractivity contribution is 5.95. The molecule has 1 aromatic heterocycles. The number of aromatic nitrogens is 1. The largest absolute Gasteiger partial charge is 0.493 e. The first kappa shape index (κ1) is 15.8. The summed E-state index contributed by atoms with van der Waals surface area (Å²) in [7, 11) is 3.08. The van der Waals surface area contributed by atoms with Gasteiger partial charge in [0.25, 0.3) is 0 Å². The summed E-state index contributed by atoms with van der Waals surface area (Å²) in [5.74, 6) is 0.668. The Morgan fingerprint density at radius 1 is 1.00 bits per heavy atom. The second-order valence-electron chi connectivity index (χ2n) is 4.93. The Hall–Kier alpha value is -3.09. The SMILES string of the molecule is COc1cc2ccnc(Nc3ccc(OF)cc3F)c2cc1OC. The van der Waals surface area contributed by atoms with Gasteiger partial charge in [0.1, 0.15) is 5.82 Å². The maximum Gasteiger partial charge on any atom is 0.174 e. The molecule has 0 aliphatic heterocycles. The maximum atomic E-state index is 14.0. The van der Waals surface area contributed by atoms with E-state index in [4.69, 9.17) is 9.47 Å². The van der Waals surface area contributed by atoms with Crippen molar-refractivity contribution in [3.63, 3.8) is 0 Å². The van der Waals surface area contributed by atoms with Crippen LogP contribution in [0.1, 0.15) is 0 Å². The van der Waals surface area contributed by atoms with Gasteiger partial charge in [0, 0.05) is 22.2 Å². The maximum absolute atomic E-state index is 14.0. The molecule has 0 spiro atoms. The number of anilines is 2. The summed E-state index contributed by atoms with van der Waals surface area (Å²) in [6.07, 6.45) is 1.59. The zero-order chi connectivity index (χ0) is 17.1. The highest BCUT2D eigenvalue weighted by atomic mass is 19.3. The summed E-state index contributed by atoms with van der Waals surface area (Å²) in [6.45, 7) is 0. The molecular weight excluding hydrogens is 318 g/mol. The van der Waals surface area contributed by atoms with Crippen molar-refractivity contribution in [2.45, 2.75) is 0 Å². The van der Waals surface area contributed by atoms with Gasteiger partial charge < -0.3 is 14.8 Å². The minimum atomic E-state index is -0.663. The number of hydrogen-bond donors (Lipinski definition) is 1. The summed E-state index contributed by atoms with van der Waals surface area (Å²) in [4.78, 5) is 7.75. The molecule has 0 fully saturated rings. The van der Waals surface area contributed by atoms with Gasteiger partial charge in [-0.2, -0.15) is 0 Å². The van der Waals surface area contributed by atoms with Crippen molar-refractivity contribution in [2.75, 3.05) is 19.5 Å². The van der Waals surface area contributed by atoms with Crippen LogP contribution in [-0.2, 0) is 0 Å². The van der Waals surface area contributed by atoms with Crippen LogP contribution in [0.3, 0.4) is 0 Å². The highest BCUT2D eigenvalue weighted by Crippen LogP contribution is 2.35. The molecule has 0 saturated carbocycles. The fraction of sp³-hybridized carbons (Fsp3) is 0.118. The number of rotatable bonds is 5. The van der Waals surface area contributed by atoms with E-state index in [1.165, 1.54) is 19.2 Å². The van der Waals surface area contributed by atoms with Crippen molar-refractivity contribution < 1.29 is 23.3 Å². The Labute approximate surface area is 136 Å². The Bertz CT molecular complexity index is 887. The number of nitrogens with one attached hydrogen (secondary N) is 1. The number of benzene rings is 2. The highest BCUT2D eigenvalue weighted by Gasteiger charge is 2.12. The van der Waals surface area contributed by atoms with E-state index in [0.29, 0.717) is 17.3 Å². The third-order valence-corrected chi connectivity index (χ3v) is 3.55. The van der Waals surface area contributed by atoms with Crippen LogP contribution in [0.4, 0.5) is 20.4 Å². The van der Waals surface area contributed by atoms with Crippen LogP contribution in [-0.4, -0.2) is 19.2 Å². The first-order valence-corrected chi connectivity index (χ1v) is 7.02. The third kappa shape index (κ3) is 2.88. The summed E-state index contributed by atoms with van der Waals surface area (Å²) >= 11 is 0. The molecule has 0 aliphatic carbocycles. The second-order valence-corrected chi connectivity index (χ2v) is 4.93. The predicted octanol–water partition coefficient (Wildman–Crippen LogP) is 4.40. The number of hydrogen-bond acceptors (Lipinski definition) is 5. The molecule has 1 N–H and O–H groups in total. The van der Waals surface area contributed by atoms with Crippen LogP contribution in [0.15, 0.2) is 42.6 Å². The molecule has 0 saturated heterocycles. The van der Waals surface area contributed by atoms with Crippen LogP contribution >= 0.6 is 0 Å². The molecule has 1 heterocycles. The summed E-state index contributed by atoms with van der Waals surface area (Å²) in [5.41, 5.74) is 0.144. The average molecular weight is 332 g/mol. The first-order chi connectivity index (χ1) is 11.7. The van der Waals surface area contributed by atoms with Gasteiger partial charge in [-0.3, -0.25) is 4.94 Å². The quantitative estimate of drug-likeness (QED) is 0.750. The van der Waals surface area contributed by atoms with Crippen LogP contribution in [0.2, 0.25) is 0 Å². The zero-order valence-electron chi connectivity index (χ0n) is 13.0. The van der Waals surface area contributed by atoms with Crippen molar-refractivity contribution in [3.8, 4) is 17.2 Å². The van der Waals surface area contributed by atoms with Gasteiger partial charge in [-0.1, -0.05) is 0 Å². The molecule has 7 heteroatoms. The van der Waals surface area contributed by atoms with E-state index in [1.54, 1.807) is 31.5 Å². The van der Waals surface area contributed by atoms with Gasteiger partial charge in [-0.05, 0) is 35.7 Å². The molecule has 24 heavy (non-hydrogen) atoms. The van der Waals surface area contributed by atoms with Gasteiger partial charge in [0.2, 0.25) is 0 Å². The van der Waals surface area contributed by atoms with Gasteiger partial charge in [0.05, 0.1) is 19.9 Å². The predicted molar refractivity (Wildman–Crippen MR) is 86.3 cm³/mol. The Balaban J connectivity index is 2.06. The summed E-state index contributed by atoms with van der Waals surface area (Å²) in [5, 5.41) is 4.46. The lowest BCUT2D eigenvalue weighted by Gasteiger charge is -2.13. The summed E-state index contributed by atoms with van der Waals surface area (Å²) in [6, 6.07) is 8.97. The number of halogens is 2. The minimum Gasteiger partial charge on any atom is -0.493 e. The lowest BCUT2D eigenvalue weighted by Crippen LogP contribution is -1.98. The number of pyridine rings is 1. The fourth-order valence-electron chi connectivity index (χ4n) is 2.37. The molecular formula is C17H14F2N2O3. The van der Waals surface area contributed by atoms with Gasteiger partial charge in [-0.15, -0.1) is 0 Å². The topological polar surface area (TPSA) is 52.6 Å². The molecule has 3 aromatic rings. The van der Waals surface area contributed by atoms with E-state index in [-0.39, 0.29) is 11.4 Å². The number of fused-ring (bicyclic) bond motifs is 1. The van der Waals surface area contributed by atoms with E-state index in [2.05, 4.69) is 15.2 Å². The number of ether oxygens (including phenoxy) is 2. The monoisotopic (exact) mass is 332 g/mol. The standard InChI is InChI=1S/C17H14F2N2O3/c1-22-15-7-10-5-6-20-17(12(10)9-16(15)23-2)21-14-4-3-11(24-19)8-13(14)18/h3-9H,1-2H3,(H,20,21). The van der Waals surface area contributed by atoms with Crippen molar-refractivity contribution >= 4 is 22.3 Å². The third-order valence-electron chi connectivity index (χ3n) is 3.55. The molecule has 0 aliphatic rings. The fourth-order valence-corrected chi connectivity index (χ4v) is 2.37. The Morgan fingerprint density at radius 2 is 1.75 bits per heavy atom. The molecule has 0 atom stereocenters. The molecule has 124 valence electrons. The number of methoxy groups -OCH3 is 2. The zero-order valence-corrected chi connectivity index (χ0v) is 13.0. The lowest BCUT2D eigenvalue weighted by molar-refractivity contribution is -0.00651. The Morgan fingerprint density at radius 3 is 2.42 bits per heavy atom. The van der Waals surface area contributed by atoms with Crippen LogP contribution in [0, 0.1) is 5.82 Å². The first-order valence-electron chi connectivity index (χ1n) is 7.02. The molecule has 2 aromatic carbocycles. The van der Waals surface area contributed by atoms with Gasteiger partial charge >= 0.3 is 0 Å². The van der Waals surface area contributed by atoms with E-state index in [9.17, 15) is 8.92 Å². The van der Waals surface area contributed by atoms with Crippen molar-refractivity contribution in [2.24, 2.45) is 0 Å². The molecule has 0 unspecified atom stereocenters. The second kappa shape index (κ2) is 6.57. The van der Waals surface area contributed by atoms with Gasteiger partial charge in [-0.25, -0.2) is 9.37 Å². The van der Waals surface area contributed by atoms with E-state index >= 15 is 0 Å². The molecule has 0 bridgehead atoms. The van der Waals surface area contributed by atoms with Crippen molar-refractivity contribution in [1.29, 1.82) is 0 Å². The van der Waals surface area contributed by atoms with E-state index < -0.39 is 5.82 Å². The molecule has 0 amide bonds. The normalized spacial score (nSPS) is 10.5. The lowest BCUT2D eigenvalue weighted by atomic mass is 10.1. The van der Waals surface area contributed by atoms with Crippen molar-refractivity contribution in [1.82, 2.24) is 4.98 Å². The molecule has 3 rings (SSSR count). The minimum absolute atomic E-state index is 0.144.